The van der Waals surface area contributed by atoms with Crippen molar-refractivity contribution in [2.75, 3.05) is 57.1 Å². The van der Waals surface area contributed by atoms with Gasteiger partial charge in [0.15, 0.2) is 10.9 Å². The molecule has 0 saturated carbocycles. The zero-order valence-electron chi connectivity index (χ0n) is 22.8. The maximum atomic E-state index is 13.1. The fourth-order valence-corrected chi connectivity index (χ4v) is 5.98. The number of carbonyl (C=O) groups is 2. The molecule has 11 nitrogen and oxygen atoms in total. The number of carboxylic acid groups (broad SMARTS) is 1. The maximum absolute atomic E-state index is 13.1. The van der Waals surface area contributed by atoms with Gasteiger partial charge in [-0.05, 0) is 40.3 Å². The highest BCUT2D eigenvalue weighted by molar-refractivity contribution is 7.17. The average molecular weight is 611 g/mol. The zero-order chi connectivity index (χ0) is 29.0. The van der Waals surface area contributed by atoms with Crippen LogP contribution in [0.25, 0.3) is 11.4 Å². The van der Waals surface area contributed by atoms with E-state index < -0.39 is 5.97 Å². The summed E-state index contributed by atoms with van der Waals surface area (Å²) in [6, 6.07) is 0. The number of hydrogen-bond donors (Lipinski definition) is 3. The van der Waals surface area contributed by atoms with Crippen molar-refractivity contribution < 1.29 is 19.4 Å². The van der Waals surface area contributed by atoms with Gasteiger partial charge in [-0.15, -0.1) is 0 Å². The predicted molar refractivity (Wildman–Crippen MR) is 157 cm³/mol. The number of carbonyl (C=O) groups excluding carboxylic acids is 1. The molecule has 0 radical (unpaired) electrons. The van der Waals surface area contributed by atoms with Crippen LogP contribution < -0.4 is 10.2 Å². The summed E-state index contributed by atoms with van der Waals surface area (Å²) in [5.74, 6) is -0.635. The lowest BCUT2D eigenvalue weighted by atomic mass is 9.88. The van der Waals surface area contributed by atoms with E-state index in [1.54, 1.807) is 13.1 Å². The van der Waals surface area contributed by atoms with Crippen molar-refractivity contribution >= 4 is 57.2 Å². The Bertz CT molecular complexity index is 1350. The van der Waals surface area contributed by atoms with Gasteiger partial charge in [-0.2, -0.15) is 0 Å². The van der Waals surface area contributed by atoms with Gasteiger partial charge in [0.1, 0.15) is 27.8 Å². The van der Waals surface area contributed by atoms with Gasteiger partial charge in [0, 0.05) is 44.9 Å². The summed E-state index contributed by atoms with van der Waals surface area (Å²) < 4.78 is 6.04. The van der Waals surface area contributed by atoms with E-state index in [4.69, 9.17) is 27.9 Å². The molecule has 3 aromatic rings. The van der Waals surface area contributed by atoms with Crippen molar-refractivity contribution in [3.8, 4) is 11.4 Å². The van der Waals surface area contributed by atoms with Crippen LogP contribution in [-0.2, 0) is 4.74 Å². The number of Topliss-reactive ketones (excluding diaryl/α,β-unsaturated/α-hetero) is 1. The number of rotatable bonds is 12. The smallest absolute Gasteiger partial charge is 0.348 e. The Labute approximate surface area is 246 Å². The van der Waals surface area contributed by atoms with Crippen molar-refractivity contribution in [1.82, 2.24) is 24.8 Å². The van der Waals surface area contributed by atoms with E-state index in [2.05, 4.69) is 30.2 Å². The SMILES string of the molecule is CCO[C@H]1CN(c2nc(-c3cnc(NCCN(C)C)cn3)c(C(=O)O)s2)CC[C@H]1CC(=O)c1[nH]c(C)c(Cl)c1Cl. The maximum Gasteiger partial charge on any atom is 0.348 e. The monoisotopic (exact) mass is 609 g/mol. The molecule has 3 aromatic heterocycles. The number of thiazole rings is 1. The van der Waals surface area contributed by atoms with E-state index in [1.807, 2.05) is 25.9 Å². The normalized spacial score (nSPS) is 17.4. The minimum atomic E-state index is -1.08. The van der Waals surface area contributed by atoms with E-state index in [-0.39, 0.29) is 39.8 Å². The van der Waals surface area contributed by atoms with Crippen LogP contribution >= 0.6 is 34.5 Å². The van der Waals surface area contributed by atoms with Gasteiger partial charge in [0.2, 0.25) is 0 Å². The van der Waals surface area contributed by atoms with Crippen molar-refractivity contribution in [3.63, 3.8) is 0 Å². The number of nitrogens with one attached hydrogen (secondary N) is 2. The summed E-state index contributed by atoms with van der Waals surface area (Å²) in [5, 5.41) is 14.2. The molecular weight excluding hydrogens is 577 g/mol. The Balaban J connectivity index is 1.49. The molecule has 1 aliphatic rings. The second kappa shape index (κ2) is 13.3. The van der Waals surface area contributed by atoms with Crippen LogP contribution in [0.2, 0.25) is 10.0 Å². The number of ether oxygens (including phenoxy) is 1. The van der Waals surface area contributed by atoms with Gasteiger partial charge < -0.3 is 29.9 Å². The molecule has 0 spiro atoms. The molecule has 1 aliphatic heterocycles. The average Bonchev–Trinajstić information content (AvgIpc) is 3.48. The number of aryl methyl sites for hydroxylation is 1. The van der Waals surface area contributed by atoms with Gasteiger partial charge >= 0.3 is 5.97 Å². The first-order valence-electron chi connectivity index (χ1n) is 13.0. The number of aromatic carboxylic acids is 1. The van der Waals surface area contributed by atoms with Gasteiger partial charge in [0.05, 0.1) is 28.5 Å². The lowest BCUT2D eigenvalue weighted by molar-refractivity contribution is 0.0103. The summed E-state index contributed by atoms with van der Waals surface area (Å²) >= 11 is 13.5. The Morgan fingerprint density at radius 2 is 2.05 bits per heavy atom. The number of anilines is 2. The number of aromatic amines is 1. The number of likely N-dealkylation sites (N-methyl/N-ethyl adjacent to an activating group) is 1. The lowest BCUT2D eigenvalue weighted by Gasteiger charge is -2.38. The highest BCUT2D eigenvalue weighted by Gasteiger charge is 2.34. The molecular formula is C26H33Cl2N7O4S. The molecule has 0 aliphatic carbocycles. The quantitative estimate of drug-likeness (QED) is 0.247. The van der Waals surface area contributed by atoms with Crippen LogP contribution in [0.4, 0.5) is 10.9 Å². The summed E-state index contributed by atoms with van der Waals surface area (Å²) in [4.78, 5) is 45.8. The van der Waals surface area contributed by atoms with Crippen LogP contribution in [0, 0.1) is 12.8 Å². The molecule has 2 atom stereocenters. The molecule has 0 amide bonds. The molecule has 0 unspecified atom stereocenters. The number of nitrogens with zero attached hydrogens (tertiary/aromatic N) is 5. The molecule has 216 valence electrons. The van der Waals surface area contributed by atoms with E-state index in [9.17, 15) is 14.7 Å². The number of aromatic nitrogens is 4. The molecule has 1 saturated heterocycles. The minimum Gasteiger partial charge on any atom is -0.477 e. The van der Waals surface area contributed by atoms with Crippen LogP contribution in [-0.4, -0.2) is 94.7 Å². The second-order valence-corrected chi connectivity index (χ2v) is 11.6. The molecule has 3 N–H and O–H groups in total. The van der Waals surface area contributed by atoms with Crippen molar-refractivity contribution in [1.29, 1.82) is 0 Å². The molecule has 14 heteroatoms. The Morgan fingerprint density at radius 3 is 2.65 bits per heavy atom. The third-order valence-electron chi connectivity index (χ3n) is 6.70. The van der Waals surface area contributed by atoms with E-state index >= 15 is 0 Å². The lowest BCUT2D eigenvalue weighted by Crippen LogP contribution is -2.46. The first kappa shape index (κ1) is 30.2. The zero-order valence-corrected chi connectivity index (χ0v) is 25.2. The highest BCUT2D eigenvalue weighted by atomic mass is 35.5. The number of H-pyrrole nitrogens is 1. The Morgan fingerprint density at radius 1 is 1.27 bits per heavy atom. The van der Waals surface area contributed by atoms with Gasteiger partial charge in [-0.3, -0.25) is 4.79 Å². The molecule has 40 heavy (non-hydrogen) atoms. The van der Waals surface area contributed by atoms with E-state index in [0.717, 1.165) is 17.9 Å². The fourth-order valence-electron chi connectivity index (χ4n) is 4.59. The summed E-state index contributed by atoms with van der Waals surface area (Å²) in [6.07, 6.45) is 3.77. The minimum absolute atomic E-state index is 0.0427. The van der Waals surface area contributed by atoms with Crippen molar-refractivity contribution in [3.05, 3.63) is 38.7 Å². The van der Waals surface area contributed by atoms with Gasteiger partial charge in [0.25, 0.3) is 0 Å². The Kier molecular flexibility index (Phi) is 10.0. The van der Waals surface area contributed by atoms with Crippen LogP contribution in [0.3, 0.4) is 0 Å². The molecule has 0 aromatic carbocycles. The summed E-state index contributed by atoms with van der Waals surface area (Å²) in [7, 11) is 3.97. The number of hydrogen-bond acceptors (Lipinski definition) is 10. The highest BCUT2D eigenvalue weighted by Crippen LogP contribution is 2.36. The predicted octanol–water partition coefficient (Wildman–Crippen LogP) is 4.72. The molecule has 4 heterocycles. The van der Waals surface area contributed by atoms with Crippen molar-refractivity contribution in [2.45, 2.75) is 32.8 Å². The fraction of sp³-hybridized carbons (Fsp3) is 0.500. The number of piperidine rings is 1. The third kappa shape index (κ3) is 6.92. The van der Waals surface area contributed by atoms with Crippen LogP contribution in [0.5, 0.6) is 0 Å². The van der Waals surface area contributed by atoms with E-state index in [0.29, 0.717) is 65.7 Å². The topological polar surface area (TPSA) is 137 Å². The number of halogens is 2. The Hall–Kier alpha value is -2.77. The number of carboxylic acids is 1. The largest absolute Gasteiger partial charge is 0.477 e. The number of ketones is 1. The molecule has 1 fully saturated rings. The summed E-state index contributed by atoms with van der Waals surface area (Å²) in [6.45, 7) is 6.75. The van der Waals surface area contributed by atoms with Crippen molar-refractivity contribution in [2.24, 2.45) is 5.92 Å². The van der Waals surface area contributed by atoms with Gasteiger partial charge in [-0.1, -0.05) is 34.5 Å². The summed E-state index contributed by atoms with van der Waals surface area (Å²) in [5.41, 5.74) is 1.63. The standard InChI is InChI=1S/C26H33Cl2N7O4S/c1-5-39-18-13-35(8-6-15(18)10-17(36)23-21(28)20(27)14(2)32-23)26-33-22(24(40-26)25(37)38)16-11-31-19(12-30-16)29-7-9-34(3)4/h11-12,15,18,32H,5-10,13H2,1-4H3,(H,29,31)(H,37,38)/t15-,18-/m0/s1. The van der Waals surface area contributed by atoms with Gasteiger partial charge in [-0.25, -0.2) is 19.7 Å². The third-order valence-corrected chi connectivity index (χ3v) is 8.75. The molecule has 0 bridgehead atoms. The first-order chi connectivity index (χ1) is 19.1. The second-order valence-electron chi connectivity index (χ2n) is 9.87. The molecule has 4 rings (SSSR count). The van der Waals surface area contributed by atoms with Crippen LogP contribution in [0.1, 0.15) is 45.6 Å². The first-order valence-corrected chi connectivity index (χ1v) is 14.5. The van der Waals surface area contributed by atoms with Crippen LogP contribution in [0.15, 0.2) is 12.4 Å². The van der Waals surface area contributed by atoms with E-state index in [1.165, 1.54) is 6.20 Å².